The second kappa shape index (κ2) is 6.93. The van der Waals surface area contributed by atoms with E-state index < -0.39 is 0 Å². The van der Waals surface area contributed by atoms with Crippen molar-refractivity contribution in [1.29, 1.82) is 0 Å². The summed E-state index contributed by atoms with van der Waals surface area (Å²) in [5.74, 6) is 1.64. The Balaban J connectivity index is 1.77. The molecule has 3 atom stereocenters. The molecule has 2 N–H and O–H groups in total. The molecule has 2 heteroatoms. The quantitative estimate of drug-likeness (QED) is 0.877. The highest BCUT2D eigenvalue weighted by molar-refractivity contribution is 5.31. The third kappa shape index (κ3) is 3.49. The molecular formula is C19H30N2. The molecule has 0 spiro atoms. The minimum Gasteiger partial charge on any atom is -0.313 e. The highest BCUT2D eigenvalue weighted by Crippen LogP contribution is 2.33. The lowest BCUT2D eigenvalue weighted by Crippen LogP contribution is -2.43. The Morgan fingerprint density at radius 2 is 1.90 bits per heavy atom. The zero-order valence-electron chi connectivity index (χ0n) is 13.6. The van der Waals surface area contributed by atoms with Crippen molar-refractivity contribution in [2.75, 3.05) is 6.54 Å². The van der Waals surface area contributed by atoms with Crippen molar-refractivity contribution >= 4 is 0 Å². The van der Waals surface area contributed by atoms with E-state index in [-0.39, 0.29) is 0 Å². The van der Waals surface area contributed by atoms with Crippen molar-refractivity contribution in [2.45, 2.75) is 64.6 Å². The van der Waals surface area contributed by atoms with Crippen LogP contribution in [0.3, 0.4) is 0 Å². The first-order valence-electron chi connectivity index (χ1n) is 8.80. The first kappa shape index (κ1) is 15.1. The zero-order chi connectivity index (χ0) is 14.7. The molecule has 3 unspecified atom stereocenters. The van der Waals surface area contributed by atoms with Gasteiger partial charge in [0.05, 0.1) is 0 Å². The molecule has 1 heterocycles. The average molecular weight is 286 g/mol. The molecule has 1 aliphatic carbocycles. The molecule has 0 radical (unpaired) electrons. The summed E-state index contributed by atoms with van der Waals surface area (Å²) in [6, 6.07) is 10.2. The Hall–Kier alpha value is -0.860. The SMILES string of the molecule is CC(C)C1CCCCC1NC1CCNCc2ccccc21. The van der Waals surface area contributed by atoms with Gasteiger partial charge in [-0.05, 0) is 48.8 Å². The van der Waals surface area contributed by atoms with Crippen molar-refractivity contribution in [3.8, 4) is 0 Å². The Bertz CT molecular complexity index is 455. The maximum Gasteiger partial charge on any atom is 0.0338 e. The molecule has 1 aromatic rings. The van der Waals surface area contributed by atoms with Crippen LogP contribution in [0.15, 0.2) is 24.3 Å². The molecule has 0 amide bonds. The number of rotatable bonds is 3. The number of fused-ring (bicyclic) bond motifs is 1. The van der Waals surface area contributed by atoms with Gasteiger partial charge < -0.3 is 10.6 Å². The first-order chi connectivity index (χ1) is 10.3. The van der Waals surface area contributed by atoms with Crippen molar-refractivity contribution in [3.63, 3.8) is 0 Å². The maximum absolute atomic E-state index is 4.05. The summed E-state index contributed by atoms with van der Waals surface area (Å²) >= 11 is 0. The summed E-state index contributed by atoms with van der Waals surface area (Å²) in [7, 11) is 0. The fraction of sp³-hybridized carbons (Fsp3) is 0.684. The fourth-order valence-electron chi connectivity index (χ4n) is 4.26. The van der Waals surface area contributed by atoms with Gasteiger partial charge in [0.25, 0.3) is 0 Å². The minimum absolute atomic E-state index is 0.528. The van der Waals surface area contributed by atoms with Gasteiger partial charge in [-0.25, -0.2) is 0 Å². The van der Waals surface area contributed by atoms with E-state index in [2.05, 4.69) is 48.7 Å². The van der Waals surface area contributed by atoms with E-state index in [0.717, 1.165) is 24.9 Å². The summed E-state index contributed by atoms with van der Waals surface area (Å²) in [4.78, 5) is 0. The summed E-state index contributed by atoms with van der Waals surface area (Å²) in [6.07, 6.45) is 6.78. The van der Waals surface area contributed by atoms with Gasteiger partial charge in [-0.1, -0.05) is 51.0 Å². The molecular weight excluding hydrogens is 256 g/mol. The molecule has 3 rings (SSSR count). The van der Waals surface area contributed by atoms with Crippen molar-refractivity contribution < 1.29 is 0 Å². The number of hydrogen-bond donors (Lipinski definition) is 2. The van der Waals surface area contributed by atoms with Crippen molar-refractivity contribution in [2.24, 2.45) is 11.8 Å². The minimum atomic E-state index is 0.528. The molecule has 1 fully saturated rings. The third-order valence-corrected chi connectivity index (χ3v) is 5.45. The second-order valence-corrected chi connectivity index (χ2v) is 7.18. The molecule has 116 valence electrons. The topological polar surface area (TPSA) is 24.1 Å². The van der Waals surface area contributed by atoms with Crippen LogP contribution >= 0.6 is 0 Å². The zero-order valence-corrected chi connectivity index (χ0v) is 13.6. The van der Waals surface area contributed by atoms with E-state index in [1.807, 2.05) is 0 Å². The van der Waals surface area contributed by atoms with Crippen LogP contribution in [0.4, 0.5) is 0 Å². The Morgan fingerprint density at radius 1 is 1.10 bits per heavy atom. The summed E-state index contributed by atoms with van der Waals surface area (Å²) < 4.78 is 0. The van der Waals surface area contributed by atoms with E-state index in [0.29, 0.717) is 12.1 Å². The Kier molecular flexibility index (Phi) is 4.97. The predicted molar refractivity (Wildman–Crippen MR) is 89.2 cm³/mol. The molecule has 1 aliphatic heterocycles. The molecule has 2 nitrogen and oxygen atoms in total. The van der Waals surface area contributed by atoms with Gasteiger partial charge in [-0.15, -0.1) is 0 Å². The standard InChI is InChI=1S/C19H30N2/c1-14(2)16-8-5-6-10-18(16)21-19-11-12-20-13-15-7-3-4-9-17(15)19/h3-4,7,9,14,16,18-21H,5-6,8,10-13H2,1-2H3. The van der Waals surface area contributed by atoms with Gasteiger partial charge >= 0.3 is 0 Å². The van der Waals surface area contributed by atoms with Crippen LogP contribution in [0.5, 0.6) is 0 Å². The van der Waals surface area contributed by atoms with E-state index in [1.165, 1.54) is 43.2 Å². The van der Waals surface area contributed by atoms with Crippen molar-refractivity contribution in [1.82, 2.24) is 10.6 Å². The van der Waals surface area contributed by atoms with Crippen LogP contribution in [0.1, 0.15) is 63.1 Å². The largest absolute Gasteiger partial charge is 0.313 e. The van der Waals surface area contributed by atoms with E-state index in [4.69, 9.17) is 0 Å². The molecule has 21 heavy (non-hydrogen) atoms. The van der Waals surface area contributed by atoms with Crippen LogP contribution in [-0.4, -0.2) is 12.6 Å². The molecule has 1 saturated carbocycles. The summed E-state index contributed by atoms with van der Waals surface area (Å²) in [5, 5.41) is 7.61. The molecule has 0 saturated heterocycles. The predicted octanol–water partition coefficient (Wildman–Crippen LogP) is 4.03. The highest BCUT2D eigenvalue weighted by Gasteiger charge is 2.30. The number of hydrogen-bond acceptors (Lipinski definition) is 2. The third-order valence-electron chi connectivity index (χ3n) is 5.45. The van der Waals surface area contributed by atoms with Gasteiger partial charge in [-0.3, -0.25) is 0 Å². The summed E-state index contributed by atoms with van der Waals surface area (Å²) in [5.41, 5.74) is 3.00. The Labute approximate surface area is 129 Å². The van der Waals surface area contributed by atoms with E-state index >= 15 is 0 Å². The van der Waals surface area contributed by atoms with E-state index in [9.17, 15) is 0 Å². The molecule has 1 aromatic carbocycles. The first-order valence-corrected chi connectivity index (χ1v) is 8.80. The highest BCUT2D eigenvalue weighted by atomic mass is 15.0. The Morgan fingerprint density at radius 3 is 2.76 bits per heavy atom. The van der Waals surface area contributed by atoms with Gasteiger partial charge in [0.2, 0.25) is 0 Å². The molecule has 0 aromatic heterocycles. The van der Waals surface area contributed by atoms with Crippen LogP contribution in [0.25, 0.3) is 0 Å². The van der Waals surface area contributed by atoms with Gasteiger partial charge in [-0.2, -0.15) is 0 Å². The van der Waals surface area contributed by atoms with Crippen LogP contribution in [0, 0.1) is 11.8 Å². The molecule has 2 aliphatic rings. The smallest absolute Gasteiger partial charge is 0.0338 e. The lowest BCUT2D eigenvalue weighted by Gasteiger charge is -2.37. The van der Waals surface area contributed by atoms with Crippen LogP contribution in [-0.2, 0) is 6.54 Å². The normalized spacial score (nSPS) is 30.0. The number of benzene rings is 1. The van der Waals surface area contributed by atoms with Gasteiger partial charge in [0.15, 0.2) is 0 Å². The second-order valence-electron chi connectivity index (χ2n) is 7.18. The molecule has 0 bridgehead atoms. The lowest BCUT2D eigenvalue weighted by molar-refractivity contribution is 0.190. The van der Waals surface area contributed by atoms with Crippen LogP contribution < -0.4 is 10.6 Å². The van der Waals surface area contributed by atoms with Crippen molar-refractivity contribution in [3.05, 3.63) is 35.4 Å². The van der Waals surface area contributed by atoms with E-state index in [1.54, 1.807) is 0 Å². The van der Waals surface area contributed by atoms with Gasteiger partial charge in [0.1, 0.15) is 0 Å². The lowest BCUT2D eigenvalue weighted by atomic mass is 9.77. The fourth-order valence-corrected chi connectivity index (χ4v) is 4.26. The summed E-state index contributed by atoms with van der Waals surface area (Å²) in [6.45, 7) is 6.93. The van der Waals surface area contributed by atoms with Crippen LogP contribution in [0.2, 0.25) is 0 Å². The monoisotopic (exact) mass is 286 g/mol. The maximum atomic E-state index is 4.05. The number of nitrogens with one attached hydrogen (secondary N) is 2. The van der Waals surface area contributed by atoms with Gasteiger partial charge in [0, 0.05) is 18.6 Å². The average Bonchev–Trinajstić information content (AvgIpc) is 2.70.